The van der Waals surface area contributed by atoms with Crippen LogP contribution in [0, 0.1) is 5.41 Å². The van der Waals surface area contributed by atoms with E-state index in [9.17, 15) is 0 Å². The number of benzene rings is 1. The first-order chi connectivity index (χ1) is 13.7. The average Bonchev–Trinajstić information content (AvgIpc) is 3.36. The number of H-pyrrole nitrogens is 1. The van der Waals surface area contributed by atoms with E-state index in [0.717, 1.165) is 35.7 Å². The summed E-state index contributed by atoms with van der Waals surface area (Å²) >= 11 is 6.14. The van der Waals surface area contributed by atoms with Crippen LogP contribution in [0.3, 0.4) is 0 Å². The first-order valence-electron chi connectivity index (χ1n) is 9.97. The molecule has 146 valence electrons. The number of halogens is 1. The van der Waals surface area contributed by atoms with Crippen LogP contribution in [0.4, 0.5) is 5.82 Å². The van der Waals surface area contributed by atoms with Gasteiger partial charge in [-0.05, 0) is 43.2 Å². The number of aromatic nitrogens is 4. The molecule has 2 aliphatic rings. The lowest BCUT2D eigenvalue weighted by atomic mass is 9.77. The molecule has 5 rings (SSSR count). The normalized spacial score (nSPS) is 18.9. The summed E-state index contributed by atoms with van der Waals surface area (Å²) in [5.41, 5.74) is 3.73. The average molecular weight is 398 g/mol. The summed E-state index contributed by atoms with van der Waals surface area (Å²) in [5.74, 6) is 1.55. The van der Waals surface area contributed by atoms with Crippen LogP contribution in [0.15, 0.2) is 24.4 Å². The monoisotopic (exact) mass is 397 g/mol. The number of anilines is 1. The van der Waals surface area contributed by atoms with Crippen molar-refractivity contribution in [3.05, 3.63) is 29.4 Å². The van der Waals surface area contributed by atoms with Gasteiger partial charge in [-0.15, -0.1) is 0 Å². The Bertz CT molecular complexity index is 1000. The Morgan fingerprint density at radius 1 is 1.14 bits per heavy atom. The van der Waals surface area contributed by atoms with Gasteiger partial charge in [0, 0.05) is 18.7 Å². The summed E-state index contributed by atoms with van der Waals surface area (Å²) in [6, 6.07) is 5.60. The SMILES string of the molecule is COc1cc(-c2n[nH]c3nc(N4CCC5(CCCC5)CC4)cnc23)ccc1Cl. The van der Waals surface area contributed by atoms with E-state index in [2.05, 4.69) is 20.1 Å². The van der Waals surface area contributed by atoms with Crippen LogP contribution in [0.5, 0.6) is 5.75 Å². The number of piperidine rings is 1. The molecule has 1 aliphatic carbocycles. The number of hydrogen-bond donors (Lipinski definition) is 1. The topological polar surface area (TPSA) is 66.9 Å². The van der Waals surface area contributed by atoms with E-state index in [0.29, 0.717) is 21.8 Å². The zero-order valence-corrected chi connectivity index (χ0v) is 16.8. The quantitative estimate of drug-likeness (QED) is 0.684. The van der Waals surface area contributed by atoms with Crippen molar-refractivity contribution in [2.75, 3.05) is 25.1 Å². The van der Waals surface area contributed by atoms with Crippen LogP contribution in [0.1, 0.15) is 38.5 Å². The Kier molecular flexibility index (Phi) is 4.38. The Morgan fingerprint density at radius 2 is 1.93 bits per heavy atom. The molecule has 0 radical (unpaired) electrons. The molecule has 1 spiro atoms. The predicted molar refractivity (Wildman–Crippen MR) is 111 cm³/mol. The van der Waals surface area contributed by atoms with Crippen molar-refractivity contribution in [1.29, 1.82) is 0 Å². The number of nitrogens with one attached hydrogen (secondary N) is 1. The highest BCUT2D eigenvalue weighted by molar-refractivity contribution is 6.32. The van der Waals surface area contributed by atoms with E-state index in [1.165, 1.54) is 38.5 Å². The minimum absolute atomic E-state index is 0.574. The molecule has 1 N–H and O–H groups in total. The molecule has 3 aromatic rings. The van der Waals surface area contributed by atoms with Gasteiger partial charge in [0.15, 0.2) is 5.65 Å². The second-order valence-electron chi connectivity index (χ2n) is 8.04. The van der Waals surface area contributed by atoms with Gasteiger partial charge in [0.1, 0.15) is 22.8 Å². The van der Waals surface area contributed by atoms with E-state index in [1.54, 1.807) is 7.11 Å². The maximum atomic E-state index is 6.14. The largest absolute Gasteiger partial charge is 0.495 e. The molecule has 1 aromatic carbocycles. The zero-order valence-electron chi connectivity index (χ0n) is 16.0. The minimum atomic E-state index is 0.574. The fraction of sp³-hybridized carbons (Fsp3) is 0.476. The second kappa shape index (κ2) is 6.92. The van der Waals surface area contributed by atoms with E-state index in [-0.39, 0.29) is 0 Å². The molecule has 1 saturated carbocycles. The number of hydrogen-bond acceptors (Lipinski definition) is 5. The van der Waals surface area contributed by atoms with Crippen LogP contribution in [0.25, 0.3) is 22.4 Å². The van der Waals surface area contributed by atoms with Crippen molar-refractivity contribution < 1.29 is 4.74 Å². The molecule has 1 saturated heterocycles. The van der Waals surface area contributed by atoms with Crippen molar-refractivity contribution in [1.82, 2.24) is 20.2 Å². The van der Waals surface area contributed by atoms with Gasteiger partial charge >= 0.3 is 0 Å². The van der Waals surface area contributed by atoms with Crippen molar-refractivity contribution in [3.63, 3.8) is 0 Å². The van der Waals surface area contributed by atoms with Gasteiger partial charge in [0.25, 0.3) is 0 Å². The van der Waals surface area contributed by atoms with Gasteiger partial charge < -0.3 is 9.64 Å². The van der Waals surface area contributed by atoms with Crippen molar-refractivity contribution in [3.8, 4) is 17.0 Å². The Morgan fingerprint density at radius 3 is 2.68 bits per heavy atom. The summed E-state index contributed by atoms with van der Waals surface area (Å²) in [6.07, 6.45) is 10.0. The molecular formula is C21H24ClN5O. The fourth-order valence-corrected chi connectivity index (χ4v) is 4.98. The molecule has 28 heavy (non-hydrogen) atoms. The van der Waals surface area contributed by atoms with Gasteiger partial charge in [0.05, 0.1) is 18.3 Å². The van der Waals surface area contributed by atoms with Crippen LogP contribution < -0.4 is 9.64 Å². The predicted octanol–water partition coefficient (Wildman–Crippen LogP) is 4.84. The molecule has 1 aliphatic heterocycles. The number of fused-ring (bicyclic) bond motifs is 1. The first-order valence-corrected chi connectivity index (χ1v) is 10.4. The molecule has 3 heterocycles. The Labute approximate surface area is 169 Å². The summed E-state index contributed by atoms with van der Waals surface area (Å²) < 4.78 is 5.32. The fourth-order valence-electron chi connectivity index (χ4n) is 4.79. The van der Waals surface area contributed by atoms with Crippen molar-refractivity contribution >= 4 is 28.6 Å². The standard InChI is InChI=1S/C21H24ClN5O/c1-28-16-12-14(4-5-15(16)22)18-19-20(26-25-18)24-17(13-23-19)27-10-8-21(9-11-27)6-2-3-7-21/h4-5,12-13H,2-3,6-11H2,1H3,(H,24,25,26). The molecule has 0 bridgehead atoms. The zero-order chi connectivity index (χ0) is 19.1. The summed E-state index contributed by atoms with van der Waals surface area (Å²) in [7, 11) is 1.61. The lowest BCUT2D eigenvalue weighted by Crippen LogP contribution is -2.39. The molecule has 2 aromatic heterocycles. The first kappa shape index (κ1) is 17.7. The lowest BCUT2D eigenvalue weighted by molar-refractivity contribution is 0.226. The lowest BCUT2D eigenvalue weighted by Gasteiger charge is -2.39. The maximum absolute atomic E-state index is 6.14. The maximum Gasteiger partial charge on any atom is 0.177 e. The van der Waals surface area contributed by atoms with Crippen LogP contribution >= 0.6 is 11.6 Å². The molecular weight excluding hydrogens is 374 g/mol. The molecule has 7 heteroatoms. The number of rotatable bonds is 3. The minimum Gasteiger partial charge on any atom is -0.495 e. The third-order valence-corrected chi connectivity index (χ3v) is 6.81. The van der Waals surface area contributed by atoms with E-state index in [1.807, 2.05) is 24.4 Å². The van der Waals surface area contributed by atoms with Crippen LogP contribution in [0.2, 0.25) is 5.02 Å². The Balaban J connectivity index is 1.41. The highest BCUT2D eigenvalue weighted by atomic mass is 35.5. The van der Waals surface area contributed by atoms with Gasteiger partial charge in [-0.1, -0.05) is 30.5 Å². The van der Waals surface area contributed by atoms with Gasteiger partial charge in [-0.2, -0.15) is 5.10 Å². The molecule has 0 unspecified atom stereocenters. The van der Waals surface area contributed by atoms with Crippen molar-refractivity contribution in [2.45, 2.75) is 38.5 Å². The van der Waals surface area contributed by atoms with Crippen LogP contribution in [-0.4, -0.2) is 40.4 Å². The smallest absolute Gasteiger partial charge is 0.177 e. The summed E-state index contributed by atoms with van der Waals surface area (Å²) in [4.78, 5) is 11.9. The second-order valence-corrected chi connectivity index (χ2v) is 8.45. The number of aromatic amines is 1. The summed E-state index contributed by atoms with van der Waals surface area (Å²) in [5, 5.41) is 8.06. The third kappa shape index (κ3) is 3.00. The molecule has 6 nitrogen and oxygen atoms in total. The third-order valence-electron chi connectivity index (χ3n) is 6.49. The number of nitrogens with zero attached hydrogens (tertiary/aromatic N) is 4. The van der Waals surface area contributed by atoms with Crippen LogP contribution in [-0.2, 0) is 0 Å². The molecule has 0 atom stereocenters. The number of methoxy groups -OCH3 is 1. The number of ether oxygens (including phenoxy) is 1. The van der Waals surface area contributed by atoms with Crippen molar-refractivity contribution in [2.24, 2.45) is 5.41 Å². The Hall–Kier alpha value is -2.34. The molecule has 2 fully saturated rings. The van der Waals surface area contributed by atoms with Gasteiger partial charge in [-0.3, -0.25) is 5.10 Å². The van der Waals surface area contributed by atoms with E-state index in [4.69, 9.17) is 21.3 Å². The summed E-state index contributed by atoms with van der Waals surface area (Å²) in [6.45, 7) is 2.13. The van der Waals surface area contributed by atoms with E-state index < -0.39 is 0 Å². The highest BCUT2D eigenvalue weighted by Gasteiger charge is 2.37. The van der Waals surface area contributed by atoms with Gasteiger partial charge in [0.2, 0.25) is 0 Å². The van der Waals surface area contributed by atoms with Gasteiger partial charge in [-0.25, -0.2) is 9.97 Å². The molecule has 0 amide bonds. The van der Waals surface area contributed by atoms with E-state index >= 15 is 0 Å². The highest BCUT2D eigenvalue weighted by Crippen LogP contribution is 2.46.